The highest BCUT2D eigenvalue weighted by molar-refractivity contribution is 5.84. The molecule has 0 fully saturated rings. The van der Waals surface area contributed by atoms with Crippen LogP contribution in [0.25, 0.3) is 27.8 Å². The fraction of sp³-hybridized carbons (Fsp3) is 0.125. The van der Waals surface area contributed by atoms with Gasteiger partial charge in [0.05, 0.1) is 11.3 Å². The van der Waals surface area contributed by atoms with Gasteiger partial charge in [-0.3, -0.25) is 4.79 Å². The number of aromatic amines is 1. The molecule has 0 atom stereocenters. The van der Waals surface area contributed by atoms with Crippen molar-refractivity contribution in [3.63, 3.8) is 0 Å². The van der Waals surface area contributed by atoms with Gasteiger partial charge >= 0.3 is 0 Å². The monoisotopic (exact) mass is 309 g/mol. The highest BCUT2D eigenvalue weighted by Crippen LogP contribution is 2.28. The second-order valence-corrected chi connectivity index (χ2v) is 5.16. The third kappa shape index (κ3) is 2.01. The molecule has 1 N–H and O–H groups in total. The van der Waals surface area contributed by atoms with Crippen molar-refractivity contribution >= 4 is 16.7 Å². The fourth-order valence-electron chi connectivity index (χ4n) is 2.70. The van der Waals surface area contributed by atoms with Crippen molar-refractivity contribution in [1.82, 2.24) is 24.8 Å². The van der Waals surface area contributed by atoms with Gasteiger partial charge in [-0.2, -0.15) is 5.10 Å². The quantitative estimate of drug-likeness (QED) is 0.616. The first kappa shape index (κ1) is 13.6. The summed E-state index contributed by atoms with van der Waals surface area (Å²) in [6.07, 6.45) is 2.23. The molecule has 0 aliphatic rings. The molecule has 4 rings (SSSR count). The lowest BCUT2D eigenvalue weighted by atomic mass is 10.0. The van der Waals surface area contributed by atoms with Crippen molar-refractivity contribution < 1.29 is 4.39 Å². The van der Waals surface area contributed by atoms with Gasteiger partial charge in [0.25, 0.3) is 5.56 Å². The topological polar surface area (TPSA) is 75.9 Å². The van der Waals surface area contributed by atoms with E-state index in [1.54, 1.807) is 28.9 Å². The summed E-state index contributed by atoms with van der Waals surface area (Å²) in [4.78, 5) is 14.4. The van der Waals surface area contributed by atoms with Crippen molar-refractivity contribution in [2.24, 2.45) is 0 Å². The number of hydrogen-bond donors (Lipinski definition) is 1. The van der Waals surface area contributed by atoms with E-state index >= 15 is 0 Å². The lowest BCUT2D eigenvalue weighted by Gasteiger charge is -2.02. The van der Waals surface area contributed by atoms with Crippen LogP contribution in [0.15, 0.2) is 41.3 Å². The molecule has 0 unspecified atom stereocenters. The maximum atomic E-state index is 13.2. The first-order valence-corrected chi connectivity index (χ1v) is 7.20. The molecule has 0 bridgehead atoms. The molecule has 3 aromatic heterocycles. The third-order valence-corrected chi connectivity index (χ3v) is 3.79. The maximum absolute atomic E-state index is 13.2. The SMILES string of the molecule is CCc1nn2c(nnc3c(=O)[nH]ccc32)c1-c1ccc(F)cc1. The van der Waals surface area contributed by atoms with Gasteiger partial charge in [0, 0.05) is 6.20 Å². The van der Waals surface area contributed by atoms with Crippen molar-refractivity contribution in [2.75, 3.05) is 0 Å². The largest absolute Gasteiger partial charge is 0.327 e. The molecule has 0 amide bonds. The van der Waals surface area contributed by atoms with E-state index in [1.165, 1.54) is 12.1 Å². The Labute approximate surface area is 129 Å². The van der Waals surface area contributed by atoms with E-state index in [0.29, 0.717) is 17.6 Å². The van der Waals surface area contributed by atoms with E-state index in [-0.39, 0.29) is 16.9 Å². The fourth-order valence-corrected chi connectivity index (χ4v) is 2.70. The zero-order chi connectivity index (χ0) is 16.0. The highest BCUT2D eigenvalue weighted by Gasteiger charge is 2.17. The van der Waals surface area contributed by atoms with Gasteiger partial charge < -0.3 is 4.98 Å². The summed E-state index contributed by atoms with van der Waals surface area (Å²) in [5.74, 6) is -0.300. The zero-order valence-corrected chi connectivity index (χ0v) is 12.2. The van der Waals surface area contributed by atoms with Gasteiger partial charge in [-0.1, -0.05) is 19.1 Å². The Morgan fingerprint density at radius 1 is 1.17 bits per heavy atom. The molecule has 1 aromatic carbocycles. The van der Waals surface area contributed by atoms with Crippen LogP contribution in [0, 0.1) is 5.82 Å². The molecular formula is C16H12FN5O. The number of pyridine rings is 1. The van der Waals surface area contributed by atoms with Crippen LogP contribution in [-0.4, -0.2) is 24.8 Å². The minimum Gasteiger partial charge on any atom is -0.327 e. The predicted octanol–water partition coefficient (Wildman–Crippen LogP) is 2.33. The summed E-state index contributed by atoms with van der Waals surface area (Å²) in [6.45, 7) is 1.98. The molecule has 6 nitrogen and oxygen atoms in total. The number of benzene rings is 1. The van der Waals surface area contributed by atoms with Crippen molar-refractivity contribution in [1.29, 1.82) is 0 Å². The molecule has 0 spiro atoms. The van der Waals surface area contributed by atoms with Gasteiger partial charge in [-0.15, -0.1) is 10.2 Å². The van der Waals surface area contributed by atoms with Crippen LogP contribution in [0.3, 0.4) is 0 Å². The first-order chi connectivity index (χ1) is 11.2. The standard InChI is InChI=1S/C16H12FN5O/c1-2-11-13(9-3-5-10(17)6-4-9)15-20-19-14-12(22(15)21-11)7-8-18-16(14)23/h3-8H,2H2,1H3,(H,18,23). The number of fused-ring (bicyclic) bond motifs is 3. The number of hydrogen-bond acceptors (Lipinski definition) is 4. The van der Waals surface area contributed by atoms with E-state index in [9.17, 15) is 9.18 Å². The lowest BCUT2D eigenvalue weighted by molar-refractivity contribution is 0.628. The highest BCUT2D eigenvalue weighted by atomic mass is 19.1. The average Bonchev–Trinajstić information content (AvgIpc) is 2.95. The predicted molar refractivity (Wildman–Crippen MR) is 83.7 cm³/mol. The van der Waals surface area contributed by atoms with Gasteiger partial charge in [0.2, 0.25) is 0 Å². The molecule has 3 heterocycles. The molecule has 114 valence electrons. The number of aromatic nitrogens is 5. The van der Waals surface area contributed by atoms with E-state index < -0.39 is 0 Å². The molecule has 0 saturated heterocycles. The summed E-state index contributed by atoms with van der Waals surface area (Å²) in [6, 6.07) is 7.92. The number of nitrogens with one attached hydrogen (secondary N) is 1. The second-order valence-electron chi connectivity index (χ2n) is 5.16. The Balaban J connectivity index is 2.12. The number of H-pyrrole nitrogens is 1. The van der Waals surface area contributed by atoms with E-state index in [2.05, 4.69) is 20.3 Å². The van der Waals surface area contributed by atoms with Crippen molar-refractivity contribution in [3.8, 4) is 11.1 Å². The molecule has 7 heteroatoms. The molecular weight excluding hydrogens is 297 g/mol. The molecule has 4 aromatic rings. The Morgan fingerprint density at radius 3 is 2.70 bits per heavy atom. The molecule has 0 aliphatic heterocycles. The van der Waals surface area contributed by atoms with E-state index in [1.807, 2.05) is 6.92 Å². The van der Waals surface area contributed by atoms with Gasteiger partial charge in [0.15, 0.2) is 11.2 Å². The minimum atomic E-state index is -0.311. The summed E-state index contributed by atoms with van der Waals surface area (Å²) in [7, 11) is 0. The first-order valence-electron chi connectivity index (χ1n) is 7.20. The maximum Gasteiger partial charge on any atom is 0.277 e. The third-order valence-electron chi connectivity index (χ3n) is 3.79. The van der Waals surface area contributed by atoms with Crippen LogP contribution < -0.4 is 5.56 Å². The molecule has 23 heavy (non-hydrogen) atoms. The van der Waals surface area contributed by atoms with Crippen LogP contribution in [0.2, 0.25) is 0 Å². The molecule has 0 saturated carbocycles. The minimum absolute atomic E-state index is 0.232. The van der Waals surface area contributed by atoms with Crippen molar-refractivity contribution in [3.05, 3.63) is 58.4 Å². The van der Waals surface area contributed by atoms with Crippen molar-refractivity contribution in [2.45, 2.75) is 13.3 Å². The summed E-state index contributed by atoms with van der Waals surface area (Å²) < 4.78 is 14.8. The summed E-state index contributed by atoms with van der Waals surface area (Å²) >= 11 is 0. The Morgan fingerprint density at radius 2 is 1.96 bits per heavy atom. The number of halogens is 1. The van der Waals surface area contributed by atoms with Crippen LogP contribution in [0.1, 0.15) is 12.6 Å². The van der Waals surface area contributed by atoms with E-state index in [4.69, 9.17) is 0 Å². The Bertz CT molecular complexity index is 1080. The normalized spacial score (nSPS) is 11.4. The van der Waals surface area contributed by atoms with Gasteiger partial charge in [0.1, 0.15) is 11.3 Å². The number of aryl methyl sites for hydroxylation is 1. The lowest BCUT2D eigenvalue weighted by Crippen LogP contribution is -2.10. The van der Waals surface area contributed by atoms with Crippen LogP contribution in [-0.2, 0) is 6.42 Å². The van der Waals surface area contributed by atoms with Gasteiger partial charge in [-0.25, -0.2) is 8.91 Å². The summed E-state index contributed by atoms with van der Waals surface area (Å²) in [5.41, 5.74) is 3.50. The number of nitrogens with zero attached hydrogens (tertiary/aromatic N) is 4. The molecule has 0 radical (unpaired) electrons. The van der Waals surface area contributed by atoms with Crippen LogP contribution >= 0.6 is 0 Å². The van der Waals surface area contributed by atoms with Crippen LogP contribution in [0.5, 0.6) is 0 Å². The second kappa shape index (κ2) is 4.98. The van der Waals surface area contributed by atoms with Crippen LogP contribution in [0.4, 0.5) is 4.39 Å². The average molecular weight is 309 g/mol. The number of rotatable bonds is 2. The Hall–Kier alpha value is -3.09. The molecule has 0 aliphatic carbocycles. The smallest absolute Gasteiger partial charge is 0.277 e. The van der Waals surface area contributed by atoms with Gasteiger partial charge in [-0.05, 0) is 30.2 Å². The summed E-state index contributed by atoms with van der Waals surface area (Å²) in [5, 5.41) is 12.8. The van der Waals surface area contributed by atoms with E-state index in [0.717, 1.165) is 16.8 Å². The zero-order valence-electron chi connectivity index (χ0n) is 12.2. The Kier molecular flexibility index (Phi) is 2.94.